The fourth-order valence-corrected chi connectivity index (χ4v) is 1.93. The van der Waals surface area contributed by atoms with Crippen LogP contribution in [0.3, 0.4) is 0 Å². The molecule has 0 atom stereocenters. The summed E-state index contributed by atoms with van der Waals surface area (Å²) >= 11 is 0.871. The molecule has 0 saturated carbocycles. The van der Waals surface area contributed by atoms with E-state index in [-0.39, 0.29) is 17.3 Å². The van der Waals surface area contributed by atoms with Gasteiger partial charge in [0.2, 0.25) is 0 Å². The van der Waals surface area contributed by atoms with Gasteiger partial charge in [0.1, 0.15) is 0 Å². The van der Waals surface area contributed by atoms with Crippen molar-refractivity contribution in [3.05, 3.63) is 35.4 Å². The number of rotatable bonds is 0. The normalized spacial score (nSPS) is 14.1. The van der Waals surface area contributed by atoms with Gasteiger partial charge in [-0.2, -0.15) is 0 Å². The molecule has 1 aromatic carbocycles. The third-order valence-corrected chi connectivity index (χ3v) is 3.05. The van der Waals surface area contributed by atoms with E-state index in [1.165, 1.54) is 2.80 Å². The van der Waals surface area contributed by atoms with E-state index in [2.05, 4.69) is 0 Å². The van der Waals surface area contributed by atoms with E-state index >= 15 is 0 Å². The van der Waals surface area contributed by atoms with Crippen molar-refractivity contribution in [2.24, 2.45) is 0 Å². The van der Waals surface area contributed by atoms with Crippen LogP contribution in [0, 0.1) is 0 Å². The Kier molecular flexibility index (Phi) is 2.79. The monoisotopic (exact) mass is 373 g/mol. The van der Waals surface area contributed by atoms with Crippen molar-refractivity contribution in [3.63, 3.8) is 0 Å². The SMILES string of the molecule is O.O=C1c2ccccc2C(=O)[N]1[Po]. The van der Waals surface area contributed by atoms with Crippen LogP contribution in [0.25, 0.3) is 0 Å². The van der Waals surface area contributed by atoms with Gasteiger partial charge in [-0.25, -0.2) is 0 Å². The van der Waals surface area contributed by atoms with Crippen LogP contribution < -0.4 is 0 Å². The average Bonchev–Trinajstić information content (AvgIpc) is 2.33. The number of carbonyl (C=O) groups is 2. The first-order valence-corrected chi connectivity index (χ1v) is 4.78. The van der Waals surface area contributed by atoms with E-state index in [1.807, 2.05) is 0 Å². The number of hydrogen-bond donors (Lipinski definition) is 0. The van der Waals surface area contributed by atoms with E-state index in [0.717, 1.165) is 25.4 Å². The molecule has 4 nitrogen and oxygen atoms in total. The number of fused-ring (bicyclic) bond motifs is 1. The molecule has 5 heteroatoms. The zero-order valence-corrected chi connectivity index (χ0v) is 9.66. The van der Waals surface area contributed by atoms with Gasteiger partial charge in [0, 0.05) is 0 Å². The molecule has 0 saturated heterocycles. The maximum atomic E-state index is 11.3. The van der Waals surface area contributed by atoms with Crippen molar-refractivity contribution in [2.45, 2.75) is 0 Å². The fraction of sp³-hybridized carbons (Fsp3) is 0. The minimum absolute atomic E-state index is 0. The fourth-order valence-electron chi connectivity index (χ4n) is 1.17. The maximum absolute atomic E-state index is 11.3. The number of imide groups is 1. The van der Waals surface area contributed by atoms with E-state index in [4.69, 9.17) is 0 Å². The van der Waals surface area contributed by atoms with Gasteiger partial charge in [0.05, 0.1) is 0 Å². The molecule has 0 aromatic heterocycles. The molecule has 1 aromatic rings. The van der Waals surface area contributed by atoms with E-state index in [1.54, 1.807) is 24.3 Å². The standard InChI is InChI=1S/C8H5NO2.H2O.Po/c10-7-5-3-1-2-4-6(5)8(11)9-7;;/h1-4H,(H,9,10,11);1H2;/q;;+1/p-1. The molecule has 0 unspecified atom stereocenters. The molecule has 0 fully saturated rings. The zero-order valence-electron chi connectivity index (χ0n) is 6.48. The molecule has 0 bridgehead atoms. The Morgan fingerprint density at radius 1 is 1.00 bits per heavy atom. The first-order chi connectivity index (χ1) is 5.72. The summed E-state index contributed by atoms with van der Waals surface area (Å²) in [6.45, 7) is 0. The van der Waals surface area contributed by atoms with Crippen LogP contribution in [-0.4, -0.2) is 45.4 Å². The first-order valence-electron chi connectivity index (χ1n) is 3.37. The van der Waals surface area contributed by atoms with Crippen LogP contribution in [-0.2, 0) is 0 Å². The van der Waals surface area contributed by atoms with Crippen molar-refractivity contribution in [1.82, 2.24) is 2.80 Å². The summed E-state index contributed by atoms with van der Waals surface area (Å²) < 4.78 is 1.21. The number of carbonyl (C=O) groups excluding carboxylic acids is 2. The van der Waals surface area contributed by atoms with Crippen LogP contribution in [0.2, 0.25) is 0 Å². The van der Waals surface area contributed by atoms with Gasteiger partial charge >= 0.3 is 85.0 Å². The summed E-state index contributed by atoms with van der Waals surface area (Å²) in [5, 5.41) is 0. The third-order valence-electron chi connectivity index (χ3n) is 1.76. The van der Waals surface area contributed by atoms with Crippen molar-refractivity contribution in [3.8, 4) is 0 Å². The molecule has 0 aliphatic carbocycles. The summed E-state index contributed by atoms with van der Waals surface area (Å²) in [5.74, 6) is -0.351. The predicted molar refractivity (Wildman–Crippen MR) is 46.3 cm³/mol. The Balaban J connectivity index is 0.000000845. The Hall–Kier alpha value is -0.784. The van der Waals surface area contributed by atoms with E-state index in [9.17, 15) is 9.59 Å². The topological polar surface area (TPSA) is 68.9 Å². The first kappa shape index (κ1) is 10.3. The zero-order chi connectivity index (χ0) is 8.72. The minimum atomic E-state index is -0.175. The van der Waals surface area contributed by atoms with Gasteiger partial charge in [-0.05, 0) is 0 Å². The van der Waals surface area contributed by atoms with Crippen molar-refractivity contribution in [2.75, 3.05) is 0 Å². The van der Waals surface area contributed by atoms with Crippen LogP contribution >= 0.6 is 0 Å². The van der Waals surface area contributed by atoms with Crippen molar-refractivity contribution >= 4 is 37.2 Å². The van der Waals surface area contributed by atoms with Gasteiger partial charge in [0.15, 0.2) is 0 Å². The molecule has 1 radical (unpaired) electrons. The van der Waals surface area contributed by atoms with Gasteiger partial charge < -0.3 is 5.48 Å². The second-order valence-corrected chi connectivity index (χ2v) is 3.87. The van der Waals surface area contributed by atoms with E-state index in [0.29, 0.717) is 11.1 Å². The molecule has 2 rings (SSSR count). The number of amides is 2. The molecule has 1 aliphatic heterocycles. The Bertz CT molecular complexity index is 342. The van der Waals surface area contributed by atoms with E-state index < -0.39 is 0 Å². The Morgan fingerprint density at radius 3 is 1.77 bits per heavy atom. The third kappa shape index (κ3) is 1.39. The summed E-state index contributed by atoms with van der Waals surface area (Å²) in [7, 11) is 0. The molecule has 1 aliphatic rings. The average molecular weight is 373 g/mol. The molecule has 13 heavy (non-hydrogen) atoms. The molecule has 2 N–H and O–H groups in total. The second kappa shape index (κ2) is 3.53. The second-order valence-electron chi connectivity index (χ2n) is 2.45. The quantitative estimate of drug-likeness (QED) is 0.578. The summed E-state index contributed by atoms with van der Waals surface area (Å²) in [4.78, 5) is 22.7. The van der Waals surface area contributed by atoms with Crippen molar-refractivity contribution < 1.29 is 15.1 Å². The predicted octanol–water partition coefficient (Wildman–Crippen LogP) is -0.459. The Morgan fingerprint density at radius 2 is 1.38 bits per heavy atom. The molecule has 2 amide bonds. The number of hydrogen-bond acceptors (Lipinski definition) is 2. The summed E-state index contributed by atoms with van der Waals surface area (Å²) in [6.07, 6.45) is 0. The van der Waals surface area contributed by atoms with Gasteiger partial charge in [-0.15, -0.1) is 0 Å². The summed E-state index contributed by atoms with van der Waals surface area (Å²) in [5.41, 5.74) is 1.05. The Labute approximate surface area is 90.4 Å². The van der Waals surface area contributed by atoms with Crippen LogP contribution in [0.5, 0.6) is 0 Å². The van der Waals surface area contributed by atoms with Crippen LogP contribution in [0.1, 0.15) is 20.7 Å². The molecule has 67 valence electrons. The molecular formula is C8H6NO3Po. The summed E-state index contributed by atoms with van der Waals surface area (Å²) in [6, 6.07) is 6.88. The van der Waals surface area contributed by atoms with Gasteiger partial charge in [-0.1, -0.05) is 0 Å². The number of nitrogens with zero attached hydrogens (tertiary/aromatic N) is 1. The molecule has 0 spiro atoms. The number of benzene rings is 1. The molecule has 1 heterocycles. The van der Waals surface area contributed by atoms with Crippen LogP contribution in [0.4, 0.5) is 0 Å². The van der Waals surface area contributed by atoms with Gasteiger partial charge in [-0.3, -0.25) is 0 Å². The van der Waals surface area contributed by atoms with Crippen molar-refractivity contribution in [1.29, 1.82) is 0 Å². The van der Waals surface area contributed by atoms with Crippen LogP contribution in [0.15, 0.2) is 24.3 Å². The van der Waals surface area contributed by atoms with Gasteiger partial charge in [0.25, 0.3) is 0 Å². The molecular weight excluding hydrogens is 367 g/mol.